The van der Waals surface area contributed by atoms with Gasteiger partial charge in [0.2, 0.25) is 0 Å². The van der Waals surface area contributed by atoms with Crippen molar-refractivity contribution in [2.45, 2.75) is 57.6 Å². The van der Waals surface area contributed by atoms with Crippen LogP contribution in [0.3, 0.4) is 0 Å². The summed E-state index contributed by atoms with van der Waals surface area (Å²) in [6.07, 6.45) is 3.52. The molecule has 0 amide bonds. The van der Waals surface area contributed by atoms with Gasteiger partial charge in [0.25, 0.3) is 6.47 Å². The van der Waals surface area contributed by atoms with Gasteiger partial charge in [0.1, 0.15) is 0 Å². The summed E-state index contributed by atoms with van der Waals surface area (Å²) in [7, 11) is 0. The highest BCUT2D eigenvalue weighted by molar-refractivity contribution is 5.93. The van der Waals surface area contributed by atoms with Crippen LogP contribution in [0.15, 0.2) is 0 Å². The fourth-order valence-electron chi connectivity index (χ4n) is 2.71. The first-order valence-corrected chi connectivity index (χ1v) is 7.12. The molecule has 0 aromatic heterocycles. The first kappa shape index (κ1) is 16.1. The quantitative estimate of drug-likeness (QED) is 0.673. The van der Waals surface area contributed by atoms with Gasteiger partial charge in [-0.3, -0.25) is 9.59 Å². The summed E-state index contributed by atoms with van der Waals surface area (Å²) >= 11 is 0. The Morgan fingerprint density at radius 1 is 1.47 bits per heavy atom. The van der Waals surface area contributed by atoms with E-state index in [4.69, 9.17) is 16.2 Å². The van der Waals surface area contributed by atoms with Crippen LogP contribution in [0.5, 0.6) is 0 Å². The maximum Gasteiger partial charge on any atom is 0.294 e. The highest BCUT2D eigenvalue weighted by Gasteiger charge is 2.46. The molecule has 0 aromatic rings. The Kier molecular flexibility index (Phi) is 5.94. The van der Waals surface area contributed by atoms with E-state index in [-0.39, 0.29) is 11.7 Å². The van der Waals surface area contributed by atoms with E-state index in [1.54, 1.807) is 0 Å². The molecule has 1 saturated carbocycles. The van der Waals surface area contributed by atoms with Gasteiger partial charge in [-0.2, -0.15) is 0 Å². The average Bonchev–Trinajstić information content (AvgIpc) is 2.45. The van der Waals surface area contributed by atoms with E-state index in [9.17, 15) is 9.59 Å². The lowest BCUT2D eigenvalue weighted by Gasteiger charge is -2.39. The third-order valence-corrected chi connectivity index (χ3v) is 4.53. The largest absolute Gasteiger partial charge is 0.453 e. The van der Waals surface area contributed by atoms with Crippen molar-refractivity contribution in [3.05, 3.63) is 0 Å². The molecule has 1 rings (SSSR count). The fraction of sp³-hybridized carbons (Fsp3) is 0.857. The van der Waals surface area contributed by atoms with E-state index < -0.39 is 11.6 Å². The Bertz CT molecular complexity index is 312. The lowest BCUT2D eigenvalue weighted by atomic mass is 9.73. The van der Waals surface area contributed by atoms with Gasteiger partial charge in [-0.25, -0.2) is 0 Å². The van der Waals surface area contributed by atoms with Crippen LogP contribution in [0, 0.1) is 11.8 Å². The number of Topliss-reactive ketones (excluding diaryl/α,β-unsaturated/α-hetero) is 1. The summed E-state index contributed by atoms with van der Waals surface area (Å²) in [4.78, 5) is 23.3. The molecule has 19 heavy (non-hydrogen) atoms. The third kappa shape index (κ3) is 3.54. The predicted octanol–water partition coefficient (Wildman–Crippen LogP) is 0.990. The number of ether oxygens (including phenoxy) is 1. The number of hydrogen-bond acceptors (Lipinski definition) is 5. The minimum absolute atomic E-state index is 0.0897. The summed E-state index contributed by atoms with van der Waals surface area (Å²) in [5.74, 6) is 0.368. The van der Waals surface area contributed by atoms with Gasteiger partial charge in [-0.15, -0.1) is 0 Å². The normalized spacial score (nSPS) is 30.4. The molecular formula is C14H26N2O3. The number of rotatable bonds is 7. The van der Waals surface area contributed by atoms with E-state index in [1.165, 1.54) is 0 Å². The van der Waals surface area contributed by atoms with Crippen molar-refractivity contribution in [2.75, 3.05) is 6.54 Å². The van der Waals surface area contributed by atoms with Crippen molar-refractivity contribution >= 4 is 12.3 Å². The van der Waals surface area contributed by atoms with Gasteiger partial charge < -0.3 is 16.2 Å². The van der Waals surface area contributed by atoms with Crippen molar-refractivity contribution in [2.24, 2.45) is 23.3 Å². The van der Waals surface area contributed by atoms with Crippen molar-refractivity contribution < 1.29 is 14.3 Å². The standard InChI is InChI=1S/C14H26N2O3/c1-3-10(2)12(16)13(18)14(19-9-17)6-4-11(8-15)5-7-14/h9-12H,3-8,15-16H2,1-2H3/t10-,11?,12-,14?/m0/s1. The Hall–Kier alpha value is -0.940. The van der Waals surface area contributed by atoms with Gasteiger partial charge in [0.15, 0.2) is 11.4 Å². The molecule has 0 saturated heterocycles. The molecule has 5 nitrogen and oxygen atoms in total. The van der Waals surface area contributed by atoms with Gasteiger partial charge in [0.05, 0.1) is 6.04 Å². The van der Waals surface area contributed by atoms with E-state index in [0.29, 0.717) is 31.8 Å². The van der Waals surface area contributed by atoms with Crippen LogP contribution in [0.2, 0.25) is 0 Å². The molecule has 2 atom stereocenters. The number of ketones is 1. The van der Waals surface area contributed by atoms with Gasteiger partial charge >= 0.3 is 0 Å². The van der Waals surface area contributed by atoms with Crippen molar-refractivity contribution in [1.82, 2.24) is 0 Å². The van der Waals surface area contributed by atoms with Gasteiger partial charge in [-0.1, -0.05) is 20.3 Å². The van der Waals surface area contributed by atoms with Gasteiger partial charge in [0, 0.05) is 0 Å². The van der Waals surface area contributed by atoms with Crippen LogP contribution in [-0.4, -0.2) is 30.4 Å². The van der Waals surface area contributed by atoms with Crippen LogP contribution in [0.4, 0.5) is 0 Å². The Labute approximate surface area is 115 Å². The highest BCUT2D eigenvalue weighted by atomic mass is 16.5. The summed E-state index contributed by atoms with van der Waals surface area (Å²) in [5.41, 5.74) is 10.6. The molecule has 110 valence electrons. The van der Waals surface area contributed by atoms with E-state index in [0.717, 1.165) is 19.3 Å². The van der Waals surface area contributed by atoms with Crippen molar-refractivity contribution in [3.8, 4) is 0 Å². The molecule has 0 unspecified atom stereocenters. The monoisotopic (exact) mass is 270 g/mol. The molecule has 5 heteroatoms. The molecule has 4 N–H and O–H groups in total. The topological polar surface area (TPSA) is 95.4 Å². The zero-order valence-corrected chi connectivity index (χ0v) is 11.9. The van der Waals surface area contributed by atoms with Crippen molar-refractivity contribution in [3.63, 3.8) is 0 Å². The Morgan fingerprint density at radius 3 is 2.47 bits per heavy atom. The molecule has 0 heterocycles. The minimum Gasteiger partial charge on any atom is -0.453 e. The average molecular weight is 270 g/mol. The highest BCUT2D eigenvalue weighted by Crippen LogP contribution is 2.36. The first-order valence-electron chi connectivity index (χ1n) is 7.12. The lowest BCUT2D eigenvalue weighted by molar-refractivity contribution is -0.162. The SMILES string of the molecule is CC[C@H](C)[C@H](N)C(=O)C1(OC=O)CCC(CN)CC1. The zero-order valence-electron chi connectivity index (χ0n) is 11.9. The van der Waals surface area contributed by atoms with Crippen molar-refractivity contribution in [1.29, 1.82) is 0 Å². The summed E-state index contributed by atoms with van der Waals surface area (Å²) < 4.78 is 5.19. The number of carbonyl (C=O) groups excluding carboxylic acids is 2. The Balaban J connectivity index is 2.82. The van der Waals surface area contributed by atoms with Crippen LogP contribution >= 0.6 is 0 Å². The fourth-order valence-corrected chi connectivity index (χ4v) is 2.71. The number of carbonyl (C=O) groups is 2. The molecule has 0 bridgehead atoms. The van der Waals surface area contributed by atoms with E-state index >= 15 is 0 Å². The second kappa shape index (κ2) is 7.01. The first-order chi connectivity index (χ1) is 9.00. The zero-order chi connectivity index (χ0) is 14.5. The van der Waals surface area contributed by atoms with Crippen LogP contribution < -0.4 is 11.5 Å². The molecule has 1 aliphatic rings. The Morgan fingerprint density at radius 2 is 2.05 bits per heavy atom. The van der Waals surface area contributed by atoms with Crippen LogP contribution in [0.25, 0.3) is 0 Å². The minimum atomic E-state index is -1.02. The molecular weight excluding hydrogens is 244 g/mol. The van der Waals surface area contributed by atoms with Crippen LogP contribution in [-0.2, 0) is 14.3 Å². The summed E-state index contributed by atoms with van der Waals surface area (Å²) in [6, 6.07) is -0.570. The maximum absolute atomic E-state index is 12.6. The second-order valence-electron chi connectivity index (χ2n) is 5.66. The summed E-state index contributed by atoms with van der Waals surface area (Å²) in [5, 5.41) is 0. The molecule has 0 aromatic carbocycles. The van der Waals surface area contributed by atoms with Gasteiger partial charge in [-0.05, 0) is 44.1 Å². The number of nitrogens with two attached hydrogens (primary N) is 2. The summed E-state index contributed by atoms with van der Waals surface area (Å²) in [6.45, 7) is 4.94. The third-order valence-electron chi connectivity index (χ3n) is 4.53. The second-order valence-corrected chi connectivity index (χ2v) is 5.66. The smallest absolute Gasteiger partial charge is 0.294 e. The van der Waals surface area contributed by atoms with E-state index in [1.807, 2.05) is 13.8 Å². The molecule has 0 aliphatic heterocycles. The van der Waals surface area contributed by atoms with Crippen LogP contribution in [0.1, 0.15) is 46.0 Å². The molecule has 1 aliphatic carbocycles. The lowest BCUT2D eigenvalue weighted by Crippen LogP contribution is -2.54. The predicted molar refractivity (Wildman–Crippen MR) is 73.3 cm³/mol. The molecule has 0 spiro atoms. The molecule has 0 radical (unpaired) electrons. The molecule has 1 fully saturated rings. The number of hydrogen-bond donors (Lipinski definition) is 2. The maximum atomic E-state index is 12.6. The van der Waals surface area contributed by atoms with E-state index in [2.05, 4.69) is 0 Å².